The highest BCUT2D eigenvalue weighted by Crippen LogP contribution is 2.39. The quantitative estimate of drug-likeness (QED) is 0.478. The Morgan fingerprint density at radius 3 is 2.50 bits per heavy atom. The van der Waals surface area contributed by atoms with Gasteiger partial charge in [-0.25, -0.2) is 22.4 Å². The molecule has 4 rings (SSSR count). The van der Waals surface area contributed by atoms with Gasteiger partial charge in [0, 0.05) is 24.2 Å². The fraction of sp³-hybridized carbons (Fsp3) is 0.100. The van der Waals surface area contributed by atoms with Gasteiger partial charge in [-0.2, -0.15) is 0 Å². The van der Waals surface area contributed by atoms with Crippen LogP contribution in [0.15, 0.2) is 59.9 Å². The van der Waals surface area contributed by atoms with E-state index in [1.807, 2.05) is 6.92 Å². The Morgan fingerprint density at radius 2 is 1.80 bits per heavy atom. The van der Waals surface area contributed by atoms with Crippen molar-refractivity contribution in [1.29, 1.82) is 0 Å². The Bertz CT molecular complexity index is 1350. The number of pyridine rings is 2. The molecule has 0 radical (unpaired) electrons. The second-order valence-corrected chi connectivity index (χ2v) is 8.66. The number of aryl methyl sites for hydroxylation is 1. The molecule has 10 heteroatoms. The third-order valence-corrected chi connectivity index (χ3v) is 6.74. The van der Waals surface area contributed by atoms with Gasteiger partial charge in [-0.3, -0.25) is 0 Å². The largest absolute Gasteiger partial charge is 0.452 e. The van der Waals surface area contributed by atoms with Gasteiger partial charge in [0.05, 0.1) is 23.0 Å². The van der Waals surface area contributed by atoms with E-state index in [2.05, 4.69) is 15.3 Å². The number of nitrogen functional groups attached to an aromatic ring is 1. The number of hydrogen-bond acceptors (Lipinski definition) is 7. The van der Waals surface area contributed by atoms with Crippen molar-refractivity contribution >= 4 is 44.2 Å². The summed E-state index contributed by atoms with van der Waals surface area (Å²) in [5.74, 6) is 0.979. The number of nitrogens with zero attached hydrogens (tertiary/aromatic N) is 3. The highest BCUT2D eigenvalue weighted by atomic mass is 35.5. The molecular weight excluding hydrogens is 426 g/mol. The predicted octanol–water partition coefficient (Wildman–Crippen LogP) is 4.05. The summed E-state index contributed by atoms with van der Waals surface area (Å²) in [5, 5.41) is 3.81. The Balaban J connectivity index is 1.77. The van der Waals surface area contributed by atoms with Crippen LogP contribution in [0.1, 0.15) is 5.56 Å². The molecule has 0 aliphatic heterocycles. The van der Waals surface area contributed by atoms with Crippen molar-refractivity contribution in [1.82, 2.24) is 13.9 Å². The molecule has 0 amide bonds. The van der Waals surface area contributed by atoms with Gasteiger partial charge in [-0.1, -0.05) is 29.8 Å². The fourth-order valence-corrected chi connectivity index (χ4v) is 4.69. The van der Waals surface area contributed by atoms with Gasteiger partial charge >= 0.3 is 0 Å². The molecule has 0 aliphatic carbocycles. The lowest BCUT2D eigenvalue weighted by Gasteiger charge is -2.14. The first-order valence-electron chi connectivity index (χ1n) is 8.91. The molecular formula is C20H18ClN5O3S. The molecule has 8 nitrogen and oxygen atoms in total. The summed E-state index contributed by atoms with van der Waals surface area (Å²) in [5.41, 5.74) is 7.28. The average Bonchev–Trinajstić information content (AvgIpc) is 3.19. The minimum Gasteiger partial charge on any atom is -0.452 e. The van der Waals surface area contributed by atoms with Gasteiger partial charge in [-0.15, -0.1) is 0 Å². The summed E-state index contributed by atoms with van der Waals surface area (Å²) in [4.78, 5) is 8.59. The number of nitrogens with one attached hydrogen (secondary N) is 1. The molecule has 3 heterocycles. The molecule has 30 heavy (non-hydrogen) atoms. The molecule has 4 aromatic rings. The van der Waals surface area contributed by atoms with Crippen LogP contribution in [-0.4, -0.2) is 29.4 Å². The summed E-state index contributed by atoms with van der Waals surface area (Å²) in [6.45, 7) is 1.82. The maximum Gasteiger partial charge on any atom is 0.269 e. The van der Waals surface area contributed by atoms with Crippen molar-refractivity contribution in [3.8, 4) is 11.5 Å². The van der Waals surface area contributed by atoms with Crippen LogP contribution in [-0.2, 0) is 10.0 Å². The van der Waals surface area contributed by atoms with Gasteiger partial charge in [0.15, 0.2) is 11.4 Å². The molecule has 0 atom stereocenters. The molecule has 0 spiro atoms. The Kier molecular flexibility index (Phi) is 5.00. The molecule has 154 valence electrons. The zero-order valence-electron chi connectivity index (χ0n) is 16.1. The van der Waals surface area contributed by atoms with Crippen molar-refractivity contribution in [2.75, 3.05) is 18.1 Å². The van der Waals surface area contributed by atoms with Crippen LogP contribution < -0.4 is 15.8 Å². The van der Waals surface area contributed by atoms with E-state index in [0.29, 0.717) is 33.8 Å². The summed E-state index contributed by atoms with van der Waals surface area (Å²) in [7, 11) is -2.09. The van der Waals surface area contributed by atoms with E-state index in [0.717, 1.165) is 3.97 Å². The maximum absolute atomic E-state index is 13.0. The van der Waals surface area contributed by atoms with Crippen LogP contribution in [0.25, 0.3) is 11.0 Å². The van der Waals surface area contributed by atoms with E-state index >= 15 is 0 Å². The molecule has 0 unspecified atom stereocenters. The highest BCUT2D eigenvalue weighted by molar-refractivity contribution is 7.90. The van der Waals surface area contributed by atoms with E-state index in [9.17, 15) is 8.42 Å². The number of hydrogen-bond donors (Lipinski definition) is 2. The van der Waals surface area contributed by atoms with Gasteiger partial charge < -0.3 is 15.8 Å². The van der Waals surface area contributed by atoms with Crippen LogP contribution in [0.4, 0.5) is 11.5 Å². The van der Waals surface area contributed by atoms with Crippen LogP contribution in [0, 0.1) is 6.92 Å². The van der Waals surface area contributed by atoms with Crippen molar-refractivity contribution in [3.63, 3.8) is 0 Å². The van der Waals surface area contributed by atoms with E-state index in [4.69, 9.17) is 22.1 Å². The van der Waals surface area contributed by atoms with Crippen molar-refractivity contribution in [2.24, 2.45) is 0 Å². The van der Waals surface area contributed by atoms with Crippen molar-refractivity contribution < 1.29 is 13.2 Å². The molecule has 0 saturated heterocycles. The first kappa shape index (κ1) is 20.0. The molecule has 3 aromatic heterocycles. The molecule has 3 N–H and O–H groups in total. The number of ether oxygens (including phenoxy) is 1. The number of nitrogens with two attached hydrogens (primary N) is 1. The number of benzene rings is 1. The lowest BCUT2D eigenvalue weighted by molar-refractivity contribution is 0.476. The lowest BCUT2D eigenvalue weighted by Crippen LogP contribution is -2.12. The van der Waals surface area contributed by atoms with Gasteiger partial charge in [0.2, 0.25) is 0 Å². The Morgan fingerprint density at radius 1 is 1.10 bits per heavy atom. The molecule has 0 aliphatic rings. The van der Waals surface area contributed by atoms with Gasteiger partial charge in [0.25, 0.3) is 10.0 Å². The van der Waals surface area contributed by atoms with Gasteiger partial charge in [-0.05, 0) is 25.1 Å². The van der Waals surface area contributed by atoms with E-state index < -0.39 is 10.0 Å². The number of anilines is 2. The van der Waals surface area contributed by atoms with Crippen molar-refractivity contribution in [3.05, 3.63) is 65.6 Å². The zero-order chi connectivity index (χ0) is 21.5. The second kappa shape index (κ2) is 7.51. The van der Waals surface area contributed by atoms with Crippen LogP contribution in [0.2, 0.25) is 5.02 Å². The molecule has 0 fully saturated rings. The standard InChI is InChI=1S/C20H18ClN5O3S/c1-12-14-8-9-26(30(27,28)13-6-4-3-5-7-13)20(14)25-10-15(12)29-16-11-24-19(22)18(23-2)17(16)21/h3-11,23H,1-2H3,(H2,22,24). The third-order valence-electron chi connectivity index (χ3n) is 4.69. The Labute approximate surface area is 178 Å². The first-order chi connectivity index (χ1) is 14.3. The summed E-state index contributed by atoms with van der Waals surface area (Å²) < 4.78 is 33.1. The average molecular weight is 444 g/mol. The number of fused-ring (bicyclic) bond motifs is 1. The topological polar surface area (TPSA) is 112 Å². The summed E-state index contributed by atoms with van der Waals surface area (Å²) >= 11 is 6.36. The van der Waals surface area contributed by atoms with Crippen LogP contribution >= 0.6 is 11.6 Å². The fourth-order valence-electron chi connectivity index (χ4n) is 3.09. The summed E-state index contributed by atoms with van der Waals surface area (Å²) in [6.07, 6.45) is 4.36. The normalized spacial score (nSPS) is 11.6. The smallest absolute Gasteiger partial charge is 0.269 e. The van der Waals surface area contributed by atoms with E-state index in [1.165, 1.54) is 18.6 Å². The minimum absolute atomic E-state index is 0.182. The highest BCUT2D eigenvalue weighted by Gasteiger charge is 2.21. The third kappa shape index (κ3) is 3.21. The monoisotopic (exact) mass is 443 g/mol. The molecule has 0 bridgehead atoms. The Hall–Kier alpha value is -3.30. The predicted molar refractivity (Wildman–Crippen MR) is 117 cm³/mol. The van der Waals surface area contributed by atoms with Gasteiger partial charge in [0.1, 0.15) is 16.6 Å². The minimum atomic E-state index is -3.77. The van der Waals surface area contributed by atoms with Crippen LogP contribution in [0.5, 0.6) is 11.5 Å². The number of aromatic nitrogens is 3. The number of rotatable bonds is 5. The maximum atomic E-state index is 13.0. The summed E-state index contributed by atoms with van der Waals surface area (Å²) in [6, 6.07) is 9.88. The zero-order valence-corrected chi connectivity index (χ0v) is 17.7. The lowest BCUT2D eigenvalue weighted by atomic mass is 10.2. The van der Waals surface area contributed by atoms with E-state index in [1.54, 1.807) is 43.4 Å². The number of halogens is 1. The van der Waals surface area contributed by atoms with Crippen LogP contribution in [0.3, 0.4) is 0 Å². The van der Waals surface area contributed by atoms with E-state index in [-0.39, 0.29) is 15.7 Å². The molecule has 1 aromatic carbocycles. The van der Waals surface area contributed by atoms with Crippen molar-refractivity contribution in [2.45, 2.75) is 11.8 Å². The first-order valence-corrected chi connectivity index (χ1v) is 10.7. The molecule has 0 saturated carbocycles. The second-order valence-electron chi connectivity index (χ2n) is 6.46. The SMILES string of the molecule is CNc1c(N)ncc(Oc2cnc3c(ccn3S(=O)(=O)c3ccccc3)c2C)c1Cl.